The highest BCUT2D eigenvalue weighted by Gasteiger charge is 2.20. The monoisotopic (exact) mass is 390 g/mol. The zero-order chi connectivity index (χ0) is 20.8. The third kappa shape index (κ3) is 4.69. The number of hydrogen-bond donors (Lipinski definition) is 3. The third-order valence-electron chi connectivity index (χ3n) is 4.83. The highest BCUT2D eigenvalue weighted by molar-refractivity contribution is 6.15. The number of aromatic hydroxyl groups is 1. The van der Waals surface area contributed by atoms with Crippen LogP contribution in [-0.4, -0.2) is 18.0 Å². The summed E-state index contributed by atoms with van der Waals surface area (Å²) in [4.78, 5) is 13.1. The minimum absolute atomic E-state index is 0.110. The average molecular weight is 390 g/mol. The fraction of sp³-hybridized carbons (Fsp3) is 0.208. The van der Waals surface area contributed by atoms with Crippen LogP contribution in [0.3, 0.4) is 0 Å². The van der Waals surface area contributed by atoms with Gasteiger partial charge in [-0.25, -0.2) is 0 Å². The van der Waals surface area contributed by atoms with Crippen molar-refractivity contribution < 1.29 is 14.6 Å². The highest BCUT2D eigenvalue weighted by Crippen LogP contribution is 2.34. The quantitative estimate of drug-likeness (QED) is 0.293. The van der Waals surface area contributed by atoms with Gasteiger partial charge in [0.15, 0.2) is 5.78 Å². The Balaban J connectivity index is 1.86. The topological polar surface area (TPSA) is 84.6 Å². The molecule has 5 nitrogen and oxygen atoms in total. The zero-order valence-electron chi connectivity index (χ0n) is 16.7. The predicted molar refractivity (Wildman–Crippen MR) is 117 cm³/mol. The van der Waals surface area contributed by atoms with Crippen molar-refractivity contribution in [2.24, 2.45) is 0 Å². The molecule has 4 N–H and O–H groups in total. The molecule has 0 saturated heterocycles. The van der Waals surface area contributed by atoms with Gasteiger partial charge in [0, 0.05) is 12.1 Å². The number of phenols is 1. The molecule has 3 aromatic carbocycles. The molecule has 0 fully saturated rings. The zero-order valence-corrected chi connectivity index (χ0v) is 16.7. The Hall–Kier alpha value is -3.47. The van der Waals surface area contributed by atoms with E-state index in [2.05, 4.69) is 36.5 Å². The minimum atomic E-state index is -0.307. The van der Waals surface area contributed by atoms with Crippen LogP contribution in [0.5, 0.6) is 11.5 Å². The second kappa shape index (κ2) is 9.15. The lowest BCUT2D eigenvalue weighted by Gasteiger charge is -2.16. The predicted octanol–water partition coefficient (Wildman–Crippen LogP) is 4.78. The van der Waals surface area contributed by atoms with Gasteiger partial charge in [-0.3, -0.25) is 4.79 Å². The maximum Gasteiger partial charge on any atom is 0.198 e. The molecule has 0 amide bonds. The number of nitrogen functional groups attached to an aromatic ring is 1. The molecule has 29 heavy (non-hydrogen) atoms. The van der Waals surface area contributed by atoms with Crippen molar-refractivity contribution in [1.29, 1.82) is 0 Å². The smallest absolute Gasteiger partial charge is 0.198 e. The summed E-state index contributed by atoms with van der Waals surface area (Å²) in [5, 5.41) is 13.6. The van der Waals surface area contributed by atoms with Crippen molar-refractivity contribution in [2.75, 3.05) is 18.2 Å². The number of aryl methyl sites for hydroxylation is 1. The standard InChI is InChI=1S/C24H26N2O3/c1-3-4-16-5-7-17(8-6-16)15-26-23-20(25)13-14-21(27)22(23)24(28)18-9-11-19(29-2)12-10-18/h5-14,26-27H,3-4,15,25H2,1-2H3. The van der Waals surface area contributed by atoms with Crippen molar-refractivity contribution in [3.63, 3.8) is 0 Å². The van der Waals surface area contributed by atoms with E-state index in [1.165, 1.54) is 11.6 Å². The van der Waals surface area contributed by atoms with Gasteiger partial charge in [-0.1, -0.05) is 37.6 Å². The summed E-state index contributed by atoms with van der Waals surface area (Å²) in [7, 11) is 1.57. The number of benzene rings is 3. The summed E-state index contributed by atoms with van der Waals surface area (Å²) < 4.78 is 5.14. The Labute approximate surface area is 171 Å². The van der Waals surface area contributed by atoms with Gasteiger partial charge in [-0.15, -0.1) is 0 Å². The number of carbonyl (C=O) groups is 1. The molecule has 3 aromatic rings. The highest BCUT2D eigenvalue weighted by atomic mass is 16.5. The normalized spacial score (nSPS) is 10.6. The molecule has 0 radical (unpaired) electrons. The van der Waals surface area contributed by atoms with Crippen LogP contribution < -0.4 is 15.8 Å². The van der Waals surface area contributed by atoms with Crippen LogP contribution in [0.1, 0.15) is 40.4 Å². The second-order valence-electron chi connectivity index (χ2n) is 6.90. The lowest BCUT2D eigenvalue weighted by Crippen LogP contribution is -2.11. The van der Waals surface area contributed by atoms with E-state index in [0.29, 0.717) is 29.2 Å². The second-order valence-corrected chi connectivity index (χ2v) is 6.90. The van der Waals surface area contributed by atoms with E-state index < -0.39 is 0 Å². The van der Waals surface area contributed by atoms with Crippen molar-refractivity contribution in [3.05, 3.63) is 82.9 Å². The first kappa shape index (κ1) is 20.3. The number of methoxy groups -OCH3 is 1. The van der Waals surface area contributed by atoms with Crippen LogP contribution in [0.4, 0.5) is 11.4 Å². The number of phenolic OH excluding ortho intramolecular Hbond substituents is 1. The molecule has 0 aliphatic carbocycles. The Bertz CT molecular complexity index is 980. The molecule has 0 aliphatic heterocycles. The fourth-order valence-corrected chi connectivity index (χ4v) is 3.22. The fourth-order valence-electron chi connectivity index (χ4n) is 3.22. The van der Waals surface area contributed by atoms with E-state index in [9.17, 15) is 9.90 Å². The minimum Gasteiger partial charge on any atom is -0.507 e. The summed E-state index contributed by atoms with van der Waals surface area (Å²) in [6, 6.07) is 18.1. The lowest BCUT2D eigenvalue weighted by atomic mass is 9.99. The summed E-state index contributed by atoms with van der Waals surface area (Å²) in [6.45, 7) is 2.64. The van der Waals surface area contributed by atoms with Gasteiger partial charge in [0.25, 0.3) is 0 Å². The molecule has 0 heterocycles. The molecule has 0 aliphatic rings. The maximum atomic E-state index is 13.1. The molecule has 0 spiro atoms. The number of rotatable bonds is 8. The van der Waals surface area contributed by atoms with Crippen molar-refractivity contribution in [3.8, 4) is 11.5 Å². The van der Waals surface area contributed by atoms with Gasteiger partial charge < -0.3 is 20.9 Å². The molecular weight excluding hydrogens is 364 g/mol. The molecule has 5 heteroatoms. The van der Waals surface area contributed by atoms with Gasteiger partial charge in [-0.2, -0.15) is 0 Å². The number of nitrogens with two attached hydrogens (primary N) is 1. The van der Waals surface area contributed by atoms with Crippen LogP contribution in [0.25, 0.3) is 0 Å². The Morgan fingerprint density at radius 2 is 1.66 bits per heavy atom. The molecule has 0 bridgehead atoms. The Kier molecular flexibility index (Phi) is 6.39. The first-order valence-electron chi connectivity index (χ1n) is 9.65. The number of ketones is 1. The van der Waals surface area contributed by atoms with Gasteiger partial charge in [0.05, 0.1) is 24.0 Å². The first-order chi connectivity index (χ1) is 14.0. The van der Waals surface area contributed by atoms with Crippen molar-refractivity contribution in [1.82, 2.24) is 0 Å². The van der Waals surface area contributed by atoms with E-state index in [1.54, 1.807) is 37.4 Å². The molecule has 0 saturated carbocycles. The molecule has 3 rings (SSSR count). The van der Waals surface area contributed by atoms with Gasteiger partial charge in [0.1, 0.15) is 11.5 Å². The van der Waals surface area contributed by atoms with Crippen LogP contribution in [0, 0.1) is 0 Å². The van der Waals surface area contributed by atoms with Gasteiger partial charge in [-0.05, 0) is 53.9 Å². The summed E-state index contributed by atoms with van der Waals surface area (Å²) >= 11 is 0. The first-order valence-corrected chi connectivity index (χ1v) is 9.65. The molecule has 150 valence electrons. The van der Waals surface area contributed by atoms with Gasteiger partial charge >= 0.3 is 0 Å². The SMILES string of the molecule is CCCc1ccc(CNc2c(N)ccc(O)c2C(=O)c2ccc(OC)cc2)cc1. The van der Waals surface area contributed by atoms with Crippen molar-refractivity contribution in [2.45, 2.75) is 26.3 Å². The number of hydrogen-bond acceptors (Lipinski definition) is 5. The van der Waals surface area contributed by atoms with Gasteiger partial charge in [0.2, 0.25) is 0 Å². The third-order valence-corrected chi connectivity index (χ3v) is 4.83. The number of anilines is 2. The number of carbonyl (C=O) groups excluding carboxylic acids is 1. The van der Waals surface area contributed by atoms with Crippen LogP contribution in [0.2, 0.25) is 0 Å². The summed E-state index contributed by atoms with van der Waals surface area (Å²) in [6.07, 6.45) is 2.15. The molecular formula is C24H26N2O3. The van der Waals surface area contributed by atoms with E-state index in [4.69, 9.17) is 10.5 Å². The average Bonchev–Trinajstić information content (AvgIpc) is 2.75. The lowest BCUT2D eigenvalue weighted by molar-refractivity contribution is 0.103. The Morgan fingerprint density at radius 3 is 2.28 bits per heavy atom. The van der Waals surface area contributed by atoms with E-state index >= 15 is 0 Å². The van der Waals surface area contributed by atoms with Crippen molar-refractivity contribution >= 4 is 17.2 Å². The molecule has 0 aromatic heterocycles. The molecule has 0 atom stereocenters. The maximum absolute atomic E-state index is 13.1. The van der Waals surface area contributed by atoms with E-state index in [1.807, 2.05) is 0 Å². The number of nitrogens with one attached hydrogen (secondary N) is 1. The van der Waals surface area contributed by atoms with Crippen LogP contribution in [0.15, 0.2) is 60.7 Å². The van der Waals surface area contributed by atoms with Crippen LogP contribution in [-0.2, 0) is 13.0 Å². The summed E-state index contributed by atoms with van der Waals surface area (Å²) in [5.74, 6) is 0.238. The largest absolute Gasteiger partial charge is 0.507 e. The van der Waals surface area contributed by atoms with Crippen LogP contribution >= 0.6 is 0 Å². The Morgan fingerprint density at radius 1 is 1.00 bits per heavy atom. The van der Waals surface area contributed by atoms with E-state index in [0.717, 1.165) is 18.4 Å². The number of ether oxygens (including phenoxy) is 1. The summed E-state index contributed by atoms with van der Waals surface area (Å²) in [5.41, 5.74) is 9.94. The van der Waals surface area contributed by atoms with E-state index in [-0.39, 0.29) is 17.1 Å². The molecule has 0 unspecified atom stereocenters.